The van der Waals surface area contributed by atoms with Gasteiger partial charge in [0, 0.05) is 24.6 Å². The van der Waals surface area contributed by atoms with Crippen LogP contribution in [0.25, 0.3) is 0 Å². The number of hydrogen-bond donors (Lipinski definition) is 1. The lowest BCUT2D eigenvalue weighted by Gasteiger charge is -2.12. The minimum absolute atomic E-state index is 0.613. The van der Waals surface area contributed by atoms with E-state index < -0.39 is 0 Å². The van der Waals surface area contributed by atoms with Gasteiger partial charge in [-0.1, -0.05) is 26.0 Å². The number of nitrogens with zero attached hydrogens (tertiary/aromatic N) is 2. The molecule has 0 saturated carbocycles. The van der Waals surface area contributed by atoms with E-state index in [1.807, 2.05) is 18.5 Å². The van der Waals surface area contributed by atoms with Gasteiger partial charge in [-0.05, 0) is 30.5 Å². The monoisotopic (exact) mass is 229 g/mol. The molecule has 0 aliphatic heterocycles. The van der Waals surface area contributed by atoms with E-state index in [-0.39, 0.29) is 0 Å². The molecule has 3 nitrogen and oxygen atoms in total. The van der Waals surface area contributed by atoms with Crippen LogP contribution in [0.5, 0.6) is 0 Å². The van der Waals surface area contributed by atoms with Crippen molar-refractivity contribution in [2.24, 2.45) is 5.92 Å². The van der Waals surface area contributed by atoms with Crippen LogP contribution in [-0.2, 0) is 6.54 Å². The van der Waals surface area contributed by atoms with Crippen molar-refractivity contribution >= 4 is 11.6 Å². The van der Waals surface area contributed by atoms with E-state index in [0.29, 0.717) is 5.92 Å². The molecule has 0 unspecified atom stereocenters. The van der Waals surface area contributed by atoms with Crippen molar-refractivity contribution in [3.05, 3.63) is 42.2 Å². The molecule has 17 heavy (non-hydrogen) atoms. The summed E-state index contributed by atoms with van der Waals surface area (Å²) in [4.78, 5) is 4.35. The third kappa shape index (κ3) is 3.09. The molecule has 90 valence electrons. The Morgan fingerprint density at radius 2 is 2.18 bits per heavy atom. The first-order chi connectivity index (χ1) is 8.15. The van der Waals surface area contributed by atoms with E-state index in [1.165, 1.54) is 5.56 Å². The lowest BCUT2D eigenvalue weighted by Crippen LogP contribution is -2.07. The van der Waals surface area contributed by atoms with Crippen LogP contribution in [0.15, 0.2) is 36.7 Å². The Bertz CT molecular complexity index is 486. The predicted octanol–water partition coefficient (Wildman–Crippen LogP) is 3.59. The number of anilines is 2. The molecule has 0 radical (unpaired) electrons. The molecule has 0 aliphatic carbocycles. The van der Waals surface area contributed by atoms with Crippen molar-refractivity contribution in [3.63, 3.8) is 0 Å². The predicted molar refractivity (Wildman–Crippen MR) is 71.5 cm³/mol. The summed E-state index contributed by atoms with van der Waals surface area (Å²) in [6.45, 7) is 7.48. The number of benzene rings is 1. The second-order valence-electron chi connectivity index (χ2n) is 4.79. The number of aryl methyl sites for hydroxylation is 1. The quantitative estimate of drug-likeness (QED) is 0.868. The van der Waals surface area contributed by atoms with Crippen molar-refractivity contribution in [3.8, 4) is 0 Å². The molecule has 1 N–H and O–H groups in total. The third-order valence-corrected chi connectivity index (χ3v) is 2.55. The molecule has 0 fully saturated rings. The Morgan fingerprint density at radius 3 is 2.88 bits per heavy atom. The minimum atomic E-state index is 0.613. The van der Waals surface area contributed by atoms with Crippen LogP contribution in [0.4, 0.5) is 11.6 Å². The van der Waals surface area contributed by atoms with Gasteiger partial charge in [0.1, 0.15) is 0 Å². The summed E-state index contributed by atoms with van der Waals surface area (Å²) in [7, 11) is 0. The van der Waals surface area contributed by atoms with Gasteiger partial charge in [-0.2, -0.15) is 0 Å². The first-order valence-corrected chi connectivity index (χ1v) is 6.00. The van der Waals surface area contributed by atoms with Crippen molar-refractivity contribution in [2.45, 2.75) is 27.3 Å². The maximum Gasteiger partial charge on any atom is 0.207 e. The standard InChI is InChI=1S/C14H19N3/c1-11(2)10-17-8-7-15-14(17)16-13-6-4-5-12(3)9-13/h4-9,11H,10H2,1-3H3,(H,15,16). The summed E-state index contributed by atoms with van der Waals surface area (Å²) in [6.07, 6.45) is 3.85. The fourth-order valence-electron chi connectivity index (χ4n) is 1.83. The Morgan fingerprint density at radius 1 is 1.35 bits per heavy atom. The first-order valence-electron chi connectivity index (χ1n) is 6.00. The van der Waals surface area contributed by atoms with Crippen molar-refractivity contribution in [1.82, 2.24) is 9.55 Å². The summed E-state index contributed by atoms with van der Waals surface area (Å²) in [6, 6.07) is 8.31. The number of nitrogens with one attached hydrogen (secondary N) is 1. The summed E-state index contributed by atoms with van der Waals surface area (Å²) in [5.74, 6) is 1.52. The second kappa shape index (κ2) is 5.04. The van der Waals surface area contributed by atoms with Gasteiger partial charge in [-0.3, -0.25) is 0 Å². The number of aromatic nitrogens is 2. The molecule has 1 aromatic carbocycles. The van der Waals surface area contributed by atoms with Gasteiger partial charge in [0.05, 0.1) is 0 Å². The molecular formula is C14H19N3. The molecule has 2 rings (SSSR count). The molecule has 2 aromatic rings. The Kier molecular flexibility index (Phi) is 3.47. The molecule has 0 spiro atoms. The molecule has 1 aromatic heterocycles. The van der Waals surface area contributed by atoms with Crippen LogP contribution in [0, 0.1) is 12.8 Å². The molecule has 3 heteroatoms. The van der Waals surface area contributed by atoms with Crippen LogP contribution < -0.4 is 5.32 Å². The van der Waals surface area contributed by atoms with E-state index >= 15 is 0 Å². The van der Waals surface area contributed by atoms with Gasteiger partial charge < -0.3 is 9.88 Å². The van der Waals surface area contributed by atoms with Gasteiger partial charge in [-0.15, -0.1) is 0 Å². The summed E-state index contributed by atoms with van der Waals surface area (Å²) < 4.78 is 2.15. The van der Waals surface area contributed by atoms with E-state index in [1.54, 1.807) is 0 Å². The SMILES string of the molecule is Cc1cccc(Nc2nccn2CC(C)C)c1. The van der Waals surface area contributed by atoms with Crippen molar-refractivity contribution in [1.29, 1.82) is 0 Å². The van der Waals surface area contributed by atoms with E-state index in [0.717, 1.165) is 18.2 Å². The minimum Gasteiger partial charge on any atom is -0.326 e. The highest BCUT2D eigenvalue weighted by molar-refractivity contribution is 5.54. The van der Waals surface area contributed by atoms with Crippen LogP contribution in [0.1, 0.15) is 19.4 Å². The largest absolute Gasteiger partial charge is 0.326 e. The third-order valence-electron chi connectivity index (χ3n) is 2.55. The van der Waals surface area contributed by atoms with Gasteiger partial charge in [0.25, 0.3) is 0 Å². The average molecular weight is 229 g/mol. The zero-order chi connectivity index (χ0) is 12.3. The lowest BCUT2D eigenvalue weighted by atomic mass is 10.2. The number of rotatable bonds is 4. The average Bonchev–Trinajstić information content (AvgIpc) is 2.65. The van der Waals surface area contributed by atoms with E-state index in [4.69, 9.17) is 0 Å². The highest BCUT2D eigenvalue weighted by atomic mass is 15.2. The van der Waals surface area contributed by atoms with Crippen LogP contribution in [0.2, 0.25) is 0 Å². The Labute approximate surface area is 103 Å². The van der Waals surface area contributed by atoms with E-state index in [2.05, 4.69) is 53.8 Å². The Hall–Kier alpha value is -1.77. The highest BCUT2D eigenvalue weighted by Crippen LogP contribution is 2.16. The van der Waals surface area contributed by atoms with Crippen LogP contribution in [-0.4, -0.2) is 9.55 Å². The van der Waals surface area contributed by atoms with Crippen LogP contribution in [0.3, 0.4) is 0 Å². The fourth-order valence-corrected chi connectivity index (χ4v) is 1.83. The molecule has 0 atom stereocenters. The zero-order valence-corrected chi connectivity index (χ0v) is 10.6. The molecule has 0 amide bonds. The van der Waals surface area contributed by atoms with Crippen molar-refractivity contribution < 1.29 is 0 Å². The molecular weight excluding hydrogens is 210 g/mol. The summed E-state index contributed by atoms with van der Waals surface area (Å²) in [5.41, 5.74) is 2.33. The maximum atomic E-state index is 4.35. The lowest BCUT2D eigenvalue weighted by molar-refractivity contribution is 0.527. The van der Waals surface area contributed by atoms with Gasteiger partial charge in [0.2, 0.25) is 5.95 Å². The highest BCUT2D eigenvalue weighted by Gasteiger charge is 2.04. The Balaban J connectivity index is 2.16. The fraction of sp³-hybridized carbons (Fsp3) is 0.357. The number of hydrogen-bond acceptors (Lipinski definition) is 2. The second-order valence-corrected chi connectivity index (χ2v) is 4.79. The molecule has 0 bridgehead atoms. The topological polar surface area (TPSA) is 29.9 Å². The smallest absolute Gasteiger partial charge is 0.207 e. The maximum absolute atomic E-state index is 4.35. The van der Waals surface area contributed by atoms with E-state index in [9.17, 15) is 0 Å². The van der Waals surface area contributed by atoms with Gasteiger partial charge in [-0.25, -0.2) is 4.98 Å². The number of imidazole rings is 1. The van der Waals surface area contributed by atoms with Crippen molar-refractivity contribution in [2.75, 3.05) is 5.32 Å². The molecule has 0 aliphatic rings. The summed E-state index contributed by atoms with van der Waals surface area (Å²) in [5, 5.41) is 3.35. The summed E-state index contributed by atoms with van der Waals surface area (Å²) >= 11 is 0. The zero-order valence-electron chi connectivity index (χ0n) is 10.6. The normalized spacial score (nSPS) is 10.8. The first kappa shape index (κ1) is 11.7. The van der Waals surface area contributed by atoms with Gasteiger partial charge in [0.15, 0.2) is 0 Å². The van der Waals surface area contributed by atoms with Gasteiger partial charge >= 0.3 is 0 Å². The van der Waals surface area contributed by atoms with Crippen LogP contribution >= 0.6 is 0 Å². The molecule has 1 heterocycles. The molecule has 0 saturated heterocycles.